The third kappa shape index (κ3) is 6.70. The number of benzene rings is 2. The molecular formula is C28H37F3N2. The van der Waals surface area contributed by atoms with Gasteiger partial charge in [0.25, 0.3) is 0 Å². The van der Waals surface area contributed by atoms with Crippen LogP contribution in [-0.4, -0.2) is 30.6 Å². The maximum atomic E-state index is 13.0. The molecular weight excluding hydrogens is 421 g/mol. The summed E-state index contributed by atoms with van der Waals surface area (Å²) in [5, 5.41) is 3.46. The van der Waals surface area contributed by atoms with Crippen LogP contribution in [0.15, 0.2) is 54.6 Å². The Hall–Kier alpha value is -2.11. The van der Waals surface area contributed by atoms with Gasteiger partial charge in [-0.1, -0.05) is 56.3 Å². The van der Waals surface area contributed by atoms with E-state index in [-0.39, 0.29) is 0 Å². The third-order valence-corrected chi connectivity index (χ3v) is 6.76. The van der Waals surface area contributed by atoms with Crippen molar-refractivity contribution in [2.75, 3.05) is 19.6 Å². The number of nitrogens with one attached hydrogen (secondary N) is 1. The second kappa shape index (κ2) is 10.9. The predicted molar refractivity (Wildman–Crippen MR) is 130 cm³/mol. The highest BCUT2D eigenvalue weighted by atomic mass is 19.4. The molecule has 0 saturated heterocycles. The minimum Gasteiger partial charge on any atom is -0.313 e. The van der Waals surface area contributed by atoms with Crippen molar-refractivity contribution in [3.05, 3.63) is 82.4 Å². The number of allylic oxidation sites excluding steroid dienone is 1. The average molecular weight is 459 g/mol. The van der Waals surface area contributed by atoms with E-state index in [0.717, 1.165) is 38.0 Å². The Labute approximate surface area is 196 Å². The van der Waals surface area contributed by atoms with Crippen LogP contribution in [0.3, 0.4) is 0 Å². The van der Waals surface area contributed by atoms with Gasteiger partial charge in [-0.3, -0.25) is 4.90 Å². The fourth-order valence-corrected chi connectivity index (χ4v) is 5.04. The summed E-state index contributed by atoms with van der Waals surface area (Å²) in [4.78, 5) is 2.37. The Bertz CT molecular complexity index is 933. The van der Waals surface area contributed by atoms with Gasteiger partial charge in [-0.15, -0.1) is 0 Å². The Morgan fingerprint density at radius 1 is 1.09 bits per heavy atom. The topological polar surface area (TPSA) is 15.3 Å². The SMILES string of the molecule is C=C(C)C1Cc2cccc(C(C)CN(Cc3ccc(C(F)(F)F)cc3)CC(C)NCC)c2C1. The minimum atomic E-state index is -4.30. The molecule has 2 nitrogen and oxygen atoms in total. The van der Waals surface area contributed by atoms with E-state index < -0.39 is 11.7 Å². The van der Waals surface area contributed by atoms with Crippen LogP contribution >= 0.6 is 0 Å². The van der Waals surface area contributed by atoms with Crippen LogP contribution in [0.25, 0.3) is 0 Å². The van der Waals surface area contributed by atoms with E-state index in [9.17, 15) is 13.2 Å². The zero-order chi connectivity index (χ0) is 24.2. The summed E-state index contributed by atoms with van der Waals surface area (Å²) in [5.74, 6) is 0.845. The molecule has 0 radical (unpaired) electrons. The van der Waals surface area contributed by atoms with Gasteiger partial charge in [-0.05, 0) is 79.5 Å². The molecule has 0 aromatic heterocycles. The average Bonchev–Trinajstić information content (AvgIpc) is 3.18. The lowest BCUT2D eigenvalue weighted by molar-refractivity contribution is -0.137. The molecule has 2 aromatic rings. The second-order valence-corrected chi connectivity index (χ2v) is 9.68. The summed E-state index contributed by atoms with van der Waals surface area (Å²) < 4.78 is 38.9. The van der Waals surface area contributed by atoms with Crippen molar-refractivity contribution >= 4 is 0 Å². The van der Waals surface area contributed by atoms with Gasteiger partial charge in [0.2, 0.25) is 0 Å². The molecule has 0 heterocycles. The first-order valence-corrected chi connectivity index (χ1v) is 12.0. The van der Waals surface area contributed by atoms with Gasteiger partial charge < -0.3 is 5.32 Å². The summed E-state index contributed by atoms with van der Waals surface area (Å²) in [6, 6.07) is 12.5. The summed E-state index contributed by atoms with van der Waals surface area (Å²) in [6.45, 7) is 16.0. The van der Waals surface area contributed by atoms with Gasteiger partial charge >= 0.3 is 6.18 Å². The van der Waals surface area contributed by atoms with E-state index in [1.54, 1.807) is 12.1 Å². The number of nitrogens with zero attached hydrogens (tertiary/aromatic N) is 1. The molecule has 1 aliphatic rings. The molecule has 0 spiro atoms. The number of fused-ring (bicyclic) bond motifs is 1. The molecule has 0 amide bonds. The van der Waals surface area contributed by atoms with E-state index in [0.29, 0.717) is 24.4 Å². The van der Waals surface area contributed by atoms with Crippen LogP contribution in [0.4, 0.5) is 13.2 Å². The first-order chi connectivity index (χ1) is 15.6. The molecule has 0 aliphatic heterocycles. The van der Waals surface area contributed by atoms with Crippen molar-refractivity contribution < 1.29 is 13.2 Å². The van der Waals surface area contributed by atoms with E-state index in [4.69, 9.17) is 0 Å². The molecule has 3 atom stereocenters. The summed E-state index contributed by atoms with van der Waals surface area (Å²) in [6.07, 6.45) is -2.18. The van der Waals surface area contributed by atoms with Gasteiger partial charge in [0.1, 0.15) is 0 Å². The Kier molecular flexibility index (Phi) is 8.41. The van der Waals surface area contributed by atoms with Gasteiger partial charge in [0.15, 0.2) is 0 Å². The summed E-state index contributed by atoms with van der Waals surface area (Å²) in [7, 11) is 0. The number of likely N-dealkylation sites (N-methyl/N-ethyl adjacent to an activating group) is 1. The first kappa shape index (κ1) is 25.5. The van der Waals surface area contributed by atoms with Gasteiger partial charge in [-0.25, -0.2) is 0 Å². The fourth-order valence-electron chi connectivity index (χ4n) is 5.04. The highest BCUT2D eigenvalue weighted by Gasteiger charge is 2.30. The standard InChI is InChI=1S/C28H37F3N2/c1-6-32-21(5)17-33(18-22-10-12-25(13-11-22)28(29,30)31)16-20(4)26-9-7-8-23-14-24(19(2)3)15-27(23)26/h7-13,20-21,24,32H,2,6,14-18H2,1,3-5H3. The summed E-state index contributed by atoms with van der Waals surface area (Å²) in [5.41, 5.74) is 5.84. The maximum absolute atomic E-state index is 13.0. The Morgan fingerprint density at radius 3 is 2.39 bits per heavy atom. The summed E-state index contributed by atoms with van der Waals surface area (Å²) >= 11 is 0. The molecule has 0 fully saturated rings. The van der Waals surface area contributed by atoms with Gasteiger partial charge in [-0.2, -0.15) is 13.2 Å². The van der Waals surface area contributed by atoms with Crippen LogP contribution in [-0.2, 0) is 25.6 Å². The molecule has 180 valence electrons. The number of hydrogen-bond acceptors (Lipinski definition) is 2. The number of alkyl halides is 3. The van der Waals surface area contributed by atoms with Crippen molar-refractivity contribution in [2.45, 2.75) is 65.2 Å². The third-order valence-electron chi connectivity index (χ3n) is 6.76. The Morgan fingerprint density at radius 2 is 1.79 bits per heavy atom. The predicted octanol–water partition coefficient (Wildman–Crippen LogP) is 6.60. The lowest BCUT2D eigenvalue weighted by Gasteiger charge is -2.30. The monoisotopic (exact) mass is 458 g/mol. The lowest BCUT2D eigenvalue weighted by Crippen LogP contribution is -2.40. The molecule has 0 bridgehead atoms. The van der Waals surface area contributed by atoms with Crippen LogP contribution < -0.4 is 5.32 Å². The van der Waals surface area contributed by atoms with Crippen molar-refractivity contribution in [3.8, 4) is 0 Å². The zero-order valence-corrected chi connectivity index (χ0v) is 20.3. The van der Waals surface area contributed by atoms with Crippen molar-refractivity contribution in [3.63, 3.8) is 0 Å². The molecule has 0 saturated carbocycles. The fraction of sp³-hybridized carbons (Fsp3) is 0.500. The molecule has 5 heteroatoms. The molecule has 2 aromatic carbocycles. The molecule has 1 aliphatic carbocycles. The van der Waals surface area contributed by atoms with Gasteiger partial charge in [0, 0.05) is 25.7 Å². The van der Waals surface area contributed by atoms with E-state index in [1.807, 2.05) is 0 Å². The smallest absolute Gasteiger partial charge is 0.313 e. The number of halogens is 3. The van der Waals surface area contributed by atoms with Crippen LogP contribution in [0.5, 0.6) is 0 Å². The molecule has 33 heavy (non-hydrogen) atoms. The molecule has 3 unspecified atom stereocenters. The van der Waals surface area contributed by atoms with Crippen molar-refractivity contribution in [1.82, 2.24) is 10.2 Å². The van der Waals surface area contributed by atoms with Crippen molar-refractivity contribution in [1.29, 1.82) is 0 Å². The van der Waals surface area contributed by atoms with Gasteiger partial charge in [0.05, 0.1) is 5.56 Å². The zero-order valence-electron chi connectivity index (χ0n) is 20.3. The molecule has 3 rings (SSSR count). The van der Waals surface area contributed by atoms with Crippen LogP contribution in [0.1, 0.15) is 61.4 Å². The van der Waals surface area contributed by atoms with E-state index in [1.165, 1.54) is 34.4 Å². The normalized spacial score (nSPS) is 17.8. The lowest BCUT2D eigenvalue weighted by atomic mass is 9.92. The second-order valence-electron chi connectivity index (χ2n) is 9.68. The largest absolute Gasteiger partial charge is 0.416 e. The first-order valence-electron chi connectivity index (χ1n) is 12.0. The maximum Gasteiger partial charge on any atom is 0.416 e. The molecule has 1 N–H and O–H groups in total. The Balaban J connectivity index is 1.77. The highest BCUT2D eigenvalue weighted by Crippen LogP contribution is 2.36. The van der Waals surface area contributed by atoms with Crippen LogP contribution in [0, 0.1) is 5.92 Å². The number of rotatable bonds is 10. The number of hydrogen-bond donors (Lipinski definition) is 1. The highest BCUT2D eigenvalue weighted by molar-refractivity contribution is 5.42. The quantitative estimate of drug-likeness (QED) is 0.404. The van der Waals surface area contributed by atoms with Crippen molar-refractivity contribution in [2.24, 2.45) is 5.92 Å². The van der Waals surface area contributed by atoms with Crippen LogP contribution in [0.2, 0.25) is 0 Å². The van der Waals surface area contributed by atoms with E-state index >= 15 is 0 Å². The minimum absolute atomic E-state index is 0.297. The van der Waals surface area contributed by atoms with E-state index in [2.05, 4.69) is 62.7 Å².